The van der Waals surface area contributed by atoms with Gasteiger partial charge in [0.2, 0.25) is 9.84 Å². The monoisotopic (exact) mass is 460 g/mol. The van der Waals surface area contributed by atoms with E-state index in [0.29, 0.717) is 73.3 Å². The number of fused-ring (bicyclic) bond motifs is 1. The summed E-state index contributed by atoms with van der Waals surface area (Å²) in [6.07, 6.45) is 0.697. The largest absolute Gasteiger partial charge is 0.492 e. The Bertz CT molecular complexity index is 1230. The van der Waals surface area contributed by atoms with Gasteiger partial charge in [-0.15, -0.1) is 0 Å². The molecule has 0 unspecified atom stereocenters. The fraction of sp³-hybridized carbons (Fsp3) is 0.476. The van der Waals surface area contributed by atoms with Crippen LogP contribution in [0.3, 0.4) is 0 Å². The number of aryl methyl sites for hydroxylation is 2. The molecule has 1 aliphatic heterocycles. The highest BCUT2D eigenvalue weighted by atomic mass is 32.2. The summed E-state index contributed by atoms with van der Waals surface area (Å²) in [6.45, 7) is 6.65. The lowest BCUT2D eigenvalue weighted by Crippen LogP contribution is -2.37. The number of hydrogen-bond acceptors (Lipinski definition) is 9. The Hall–Kier alpha value is -2.92. The van der Waals surface area contributed by atoms with Crippen LogP contribution in [0.1, 0.15) is 25.2 Å². The zero-order valence-corrected chi connectivity index (χ0v) is 19.4. The van der Waals surface area contributed by atoms with E-state index in [0.717, 1.165) is 5.82 Å². The van der Waals surface area contributed by atoms with Crippen molar-refractivity contribution in [2.75, 3.05) is 43.5 Å². The molecule has 0 bridgehead atoms. The number of nitrogen functional groups attached to an aromatic ring is 1. The van der Waals surface area contributed by atoms with Crippen LogP contribution < -0.4 is 15.4 Å². The number of hydrogen-bond donors (Lipinski definition) is 1. The summed E-state index contributed by atoms with van der Waals surface area (Å²) in [5.74, 6) is 1.61. The first-order valence-electron chi connectivity index (χ1n) is 10.6. The summed E-state index contributed by atoms with van der Waals surface area (Å²) in [4.78, 5) is 15.6. The van der Waals surface area contributed by atoms with E-state index in [9.17, 15) is 8.42 Å². The van der Waals surface area contributed by atoms with Crippen molar-refractivity contribution >= 4 is 32.5 Å². The van der Waals surface area contributed by atoms with Crippen molar-refractivity contribution in [3.05, 3.63) is 29.6 Å². The number of sulfone groups is 1. The normalized spacial score (nSPS) is 14.8. The number of aromatic nitrogens is 4. The maximum absolute atomic E-state index is 13.3. The standard InChI is InChI=1S/C21H28N6O4S/c1-4-17-23-18-19(26(17)3)24-21(25-20(18)27-8-10-30-11-9-27)32(28,29)13-14-6-7-16(31-5-2)15(22)12-14/h6-7,12H,4-5,8-11,13,22H2,1-3H3. The number of anilines is 2. The highest BCUT2D eigenvalue weighted by Crippen LogP contribution is 2.28. The number of benzene rings is 1. The van der Waals surface area contributed by atoms with E-state index >= 15 is 0 Å². The van der Waals surface area contributed by atoms with Gasteiger partial charge in [0.15, 0.2) is 17.0 Å². The number of imidazole rings is 1. The van der Waals surface area contributed by atoms with Crippen LogP contribution in [0.2, 0.25) is 0 Å². The Balaban J connectivity index is 1.77. The molecule has 2 N–H and O–H groups in total. The second-order valence-corrected chi connectivity index (χ2v) is 9.49. The Morgan fingerprint density at radius 3 is 2.56 bits per heavy atom. The predicted molar refractivity (Wildman–Crippen MR) is 122 cm³/mol. The van der Waals surface area contributed by atoms with Gasteiger partial charge in [0, 0.05) is 26.6 Å². The quantitative estimate of drug-likeness (QED) is 0.414. The van der Waals surface area contributed by atoms with Crippen molar-refractivity contribution in [1.29, 1.82) is 0 Å². The van der Waals surface area contributed by atoms with E-state index in [1.165, 1.54) is 0 Å². The summed E-state index contributed by atoms with van der Waals surface area (Å²) >= 11 is 0. The molecule has 1 aliphatic rings. The van der Waals surface area contributed by atoms with Gasteiger partial charge in [0.25, 0.3) is 5.16 Å². The fourth-order valence-electron chi connectivity index (χ4n) is 3.78. The number of nitrogens with two attached hydrogens (primary N) is 1. The Morgan fingerprint density at radius 2 is 1.91 bits per heavy atom. The third-order valence-corrected chi connectivity index (χ3v) is 6.86. The third kappa shape index (κ3) is 4.22. The average molecular weight is 461 g/mol. The second kappa shape index (κ2) is 8.91. The van der Waals surface area contributed by atoms with Crippen LogP contribution in [0.25, 0.3) is 11.2 Å². The molecule has 10 nitrogen and oxygen atoms in total. The molecule has 0 radical (unpaired) electrons. The van der Waals surface area contributed by atoms with E-state index in [1.807, 2.05) is 30.4 Å². The van der Waals surface area contributed by atoms with Crippen LogP contribution in [-0.4, -0.2) is 60.8 Å². The molecular weight excluding hydrogens is 432 g/mol. The van der Waals surface area contributed by atoms with Crippen molar-refractivity contribution in [3.8, 4) is 5.75 Å². The van der Waals surface area contributed by atoms with E-state index in [1.54, 1.807) is 18.2 Å². The summed E-state index contributed by atoms with van der Waals surface area (Å²) in [6, 6.07) is 4.99. The van der Waals surface area contributed by atoms with E-state index in [-0.39, 0.29) is 10.9 Å². The van der Waals surface area contributed by atoms with Gasteiger partial charge in [-0.25, -0.2) is 13.4 Å². The van der Waals surface area contributed by atoms with Crippen molar-refractivity contribution in [2.24, 2.45) is 7.05 Å². The smallest absolute Gasteiger partial charge is 0.251 e. The highest BCUT2D eigenvalue weighted by Gasteiger charge is 2.27. The van der Waals surface area contributed by atoms with Crippen molar-refractivity contribution in [2.45, 2.75) is 31.2 Å². The van der Waals surface area contributed by atoms with Gasteiger partial charge in [-0.2, -0.15) is 9.97 Å². The molecule has 0 atom stereocenters. The number of nitrogens with zero attached hydrogens (tertiary/aromatic N) is 5. The number of morpholine rings is 1. The van der Waals surface area contributed by atoms with Gasteiger partial charge >= 0.3 is 0 Å². The summed E-state index contributed by atoms with van der Waals surface area (Å²) < 4.78 is 39.4. The van der Waals surface area contributed by atoms with Crippen LogP contribution in [0, 0.1) is 0 Å². The topological polar surface area (TPSA) is 125 Å². The van der Waals surface area contributed by atoms with Gasteiger partial charge < -0.3 is 24.7 Å². The first kappa shape index (κ1) is 22.3. The minimum absolute atomic E-state index is 0.218. The Labute approximate surface area is 187 Å². The SMILES string of the molecule is CCOc1ccc(CS(=O)(=O)c2nc(N3CCOCC3)c3nc(CC)n(C)c3n2)cc1N. The molecule has 4 rings (SSSR count). The molecule has 0 spiro atoms. The highest BCUT2D eigenvalue weighted by molar-refractivity contribution is 7.90. The van der Waals surface area contributed by atoms with Crippen molar-refractivity contribution in [3.63, 3.8) is 0 Å². The maximum Gasteiger partial charge on any atom is 0.251 e. The molecular formula is C21H28N6O4S. The predicted octanol–water partition coefficient (Wildman–Crippen LogP) is 1.72. The maximum atomic E-state index is 13.3. The van der Waals surface area contributed by atoms with Crippen LogP contribution in [0.4, 0.5) is 11.5 Å². The van der Waals surface area contributed by atoms with Gasteiger partial charge in [0.1, 0.15) is 11.6 Å². The summed E-state index contributed by atoms with van der Waals surface area (Å²) in [7, 11) is -2.00. The zero-order chi connectivity index (χ0) is 22.9. The lowest BCUT2D eigenvalue weighted by Gasteiger charge is -2.28. The first-order valence-corrected chi connectivity index (χ1v) is 12.3. The molecule has 3 aromatic rings. The molecule has 3 heterocycles. The van der Waals surface area contributed by atoms with Crippen LogP contribution in [0.5, 0.6) is 5.75 Å². The van der Waals surface area contributed by atoms with Gasteiger partial charge in [-0.05, 0) is 24.6 Å². The molecule has 1 fully saturated rings. The molecule has 1 aromatic carbocycles. The van der Waals surface area contributed by atoms with Gasteiger partial charge in [0.05, 0.1) is 31.3 Å². The van der Waals surface area contributed by atoms with Crippen molar-refractivity contribution in [1.82, 2.24) is 19.5 Å². The van der Waals surface area contributed by atoms with E-state index < -0.39 is 9.84 Å². The van der Waals surface area contributed by atoms with Crippen LogP contribution >= 0.6 is 0 Å². The zero-order valence-electron chi connectivity index (χ0n) is 18.5. The molecule has 2 aromatic heterocycles. The van der Waals surface area contributed by atoms with Gasteiger partial charge in [-0.1, -0.05) is 13.0 Å². The summed E-state index contributed by atoms with van der Waals surface area (Å²) in [5, 5.41) is -0.218. The number of rotatable bonds is 7. The molecule has 1 saturated heterocycles. The lowest BCUT2D eigenvalue weighted by atomic mass is 10.2. The first-order chi connectivity index (χ1) is 15.3. The Morgan fingerprint density at radius 1 is 1.16 bits per heavy atom. The van der Waals surface area contributed by atoms with Crippen LogP contribution in [-0.2, 0) is 33.8 Å². The van der Waals surface area contributed by atoms with Crippen molar-refractivity contribution < 1.29 is 17.9 Å². The molecule has 0 amide bonds. The van der Waals surface area contributed by atoms with Crippen LogP contribution in [0.15, 0.2) is 23.4 Å². The third-order valence-electron chi connectivity index (χ3n) is 5.41. The average Bonchev–Trinajstić information content (AvgIpc) is 3.11. The minimum Gasteiger partial charge on any atom is -0.492 e. The van der Waals surface area contributed by atoms with Gasteiger partial charge in [-0.3, -0.25) is 0 Å². The molecule has 172 valence electrons. The lowest BCUT2D eigenvalue weighted by molar-refractivity contribution is 0.122. The molecule has 11 heteroatoms. The molecule has 0 aliphatic carbocycles. The van der Waals surface area contributed by atoms with E-state index in [2.05, 4.69) is 15.0 Å². The second-order valence-electron chi connectivity index (χ2n) is 7.61. The molecule has 32 heavy (non-hydrogen) atoms. The fourth-order valence-corrected chi connectivity index (χ4v) is 4.98. The minimum atomic E-state index is -3.84. The van der Waals surface area contributed by atoms with E-state index in [4.69, 9.17) is 15.2 Å². The molecule has 0 saturated carbocycles. The Kier molecular flexibility index (Phi) is 6.20. The summed E-state index contributed by atoms with van der Waals surface area (Å²) in [5.41, 5.74) is 8.06. The number of ether oxygens (including phenoxy) is 2.